The second-order valence-electron chi connectivity index (χ2n) is 6.69. The summed E-state index contributed by atoms with van der Waals surface area (Å²) in [5, 5.41) is 3.01. The molecule has 0 aliphatic rings. The summed E-state index contributed by atoms with van der Waals surface area (Å²) in [6.07, 6.45) is -4.41. The number of fused-ring (bicyclic) bond motifs is 1. The van der Waals surface area contributed by atoms with Gasteiger partial charge in [0.25, 0.3) is 5.56 Å². The minimum absolute atomic E-state index is 0.325. The van der Waals surface area contributed by atoms with Crippen molar-refractivity contribution in [2.45, 2.75) is 20.0 Å². The Morgan fingerprint density at radius 2 is 1.54 bits per heavy atom. The second-order valence-corrected chi connectivity index (χ2v) is 6.69. The molecule has 0 radical (unpaired) electrons. The third-order valence-electron chi connectivity index (χ3n) is 4.65. The Bertz CT molecular complexity index is 1220. The number of aryl methyl sites for hydroxylation is 2. The summed E-state index contributed by atoms with van der Waals surface area (Å²) in [5.74, 6) is 0. The number of alkyl halides is 3. The number of benzene rings is 2. The van der Waals surface area contributed by atoms with Crippen LogP contribution < -0.4 is 5.56 Å². The molecule has 2 heterocycles. The van der Waals surface area contributed by atoms with Crippen molar-refractivity contribution in [3.05, 3.63) is 81.8 Å². The molecule has 4 rings (SSSR count). The zero-order chi connectivity index (χ0) is 20.1. The van der Waals surface area contributed by atoms with Crippen LogP contribution >= 0.6 is 0 Å². The molecule has 0 aliphatic carbocycles. The molecule has 7 heteroatoms. The van der Waals surface area contributed by atoms with Crippen molar-refractivity contribution in [3.8, 4) is 22.4 Å². The maximum atomic E-state index is 12.8. The van der Waals surface area contributed by atoms with Crippen LogP contribution in [0, 0.1) is 13.8 Å². The van der Waals surface area contributed by atoms with Gasteiger partial charge in [-0.3, -0.25) is 9.89 Å². The van der Waals surface area contributed by atoms with Crippen molar-refractivity contribution in [1.82, 2.24) is 14.6 Å². The quantitative estimate of drug-likeness (QED) is 0.530. The first kappa shape index (κ1) is 18.0. The van der Waals surface area contributed by atoms with Gasteiger partial charge in [-0.15, -0.1) is 0 Å². The molecule has 0 fully saturated rings. The summed E-state index contributed by atoms with van der Waals surface area (Å²) in [7, 11) is 0. The highest BCUT2D eigenvalue weighted by Crippen LogP contribution is 2.31. The second kappa shape index (κ2) is 6.37. The first-order chi connectivity index (χ1) is 13.2. The van der Waals surface area contributed by atoms with Crippen molar-refractivity contribution in [2.24, 2.45) is 0 Å². The number of hydrogen-bond donors (Lipinski definition) is 1. The normalized spacial score (nSPS) is 11.9. The van der Waals surface area contributed by atoms with Crippen LogP contribution in [0.5, 0.6) is 0 Å². The van der Waals surface area contributed by atoms with Gasteiger partial charge in [-0.25, -0.2) is 9.50 Å². The summed E-state index contributed by atoms with van der Waals surface area (Å²) >= 11 is 0. The van der Waals surface area contributed by atoms with Crippen LogP contribution in [0.1, 0.15) is 16.8 Å². The zero-order valence-electron chi connectivity index (χ0n) is 15.1. The van der Waals surface area contributed by atoms with E-state index >= 15 is 0 Å². The summed E-state index contributed by atoms with van der Waals surface area (Å²) < 4.78 is 39.7. The van der Waals surface area contributed by atoms with E-state index in [2.05, 4.69) is 10.1 Å². The van der Waals surface area contributed by atoms with E-state index in [4.69, 9.17) is 0 Å². The zero-order valence-corrected chi connectivity index (χ0v) is 15.1. The third-order valence-corrected chi connectivity index (χ3v) is 4.65. The fraction of sp³-hybridized carbons (Fsp3) is 0.143. The Balaban J connectivity index is 1.89. The lowest BCUT2D eigenvalue weighted by Crippen LogP contribution is -2.14. The molecule has 0 aliphatic heterocycles. The van der Waals surface area contributed by atoms with Crippen molar-refractivity contribution in [2.75, 3.05) is 0 Å². The fourth-order valence-electron chi connectivity index (χ4n) is 3.19. The van der Waals surface area contributed by atoms with Gasteiger partial charge in [0, 0.05) is 22.9 Å². The molecule has 0 saturated heterocycles. The lowest BCUT2D eigenvalue weighted by Gasteiger charge is -2.08. The van der Waals surface area contributed by atoms with E-state index in [1.165, 1.54) is 22.7 Å². The predicted octanol–water partition coefficient (Wildman–Crippen LogP) is 4.99. The molecular formula is C21H16F3N3O. The maximum Gasteiger partial charge on any atom is 0.416 e. The smallest absolute Gasteiger partial charge is 0.293 e. The first-order valence-electron chi connectivity index (χ1n) is 8.61. The van der Waals surface area contributed by atoms with E-state index in [0.29, 0.717) is 16.9 Å². The average molecular weight is 383 g/mol. The van der Waals surface area contributed by atoms with Crippen molar-refractivity contribution in [1.29, 1.82) is 0 Å². The van der Waals surface area contributed by atoms with Crippen molar-refractivity contribution in [3.63, 3.8) is 0 Å². The molecule has 2 aromatic carbocycles. The Kier molecular flexibility index (Phi) is 4.10. The monoisotopic (exact) mass is 383 g/mol. The number of H-pyrrole nitrogens is 1. The Morgan fingerprint density at radius 3 is 2.14 bits per heavy atom. The largest absolute Gasteiger partial charge is 0.416 e. The minimum Gasteiger partial charge on any atom is -0.293 e. The van der Waals surface area contributed by atoms with Gasteiger partial charge in [-0.05, 0) is 31.5 Å². The molecule has 0 spiro atoms. The van der Waals surface area contributed by atoms with Gasteiger partial charge in [0.1, 0.15) is 0 Å². The molecule has 0 bridgehead atoms. The van der Waals surface area contributed by atoms with E-state index in [1.54, 1.807) is 0 Å². The van der Waals surface area contributed by atoms with Crippen LogP contribution in [0.4, 0.5) is 13.2 Å². The molecule has 4 aromatic rings. The number of halogens is 3. The Morgan fingerprint density at radius 1 is 0.929 bits per heavy atom. The van der Waals surface area contributed by atoms with E-state index < -0.39 is 11.7 Å². The van der Waals surface area contributed by atoms with Gasteiger partial charge in [0.15, 0.2) is 5.65 Å². The molecule has 0 atom stereocenters. The standard InChI is InChI=1S/C21H16F3N3O/c1-12-3-5-15(6-4-12)19-13(2)26-27-18(28)11-17(25-20(19)27)14-7-9-16(10-8-14)21(22,23)24/h3-11,26H,1-2H3. The molecule has 0 unspecified atom stereocenters. The van der Waals surface area contributed by atoms with Crippen LogP contribution in [0.15, 0.2) is 59.4 Å². The van der Waals surface area contributed by atoms with E-state index in [9.17, 15) is 18.0 Å². The van der Waals surface area contributed by atoms with Crippen LogP contribution in [0.2, 0.25) is 0 Å². The third kappa shape index (κ3) is 3.09. The van der Waals surface area contributed by atoms with Gasteiger partial charge in [-0.1, -0.05) is 42.0 Å². The van der Waals surface area contributed by atoms with E-state index in [0.717, 1.165) is 34.5 Å². The minimum atomic E-state index is -4.41. The molecule has 4 nitrogen and oxygen atoms in total. The number of nitrogens with one attached hydrogen (secondary N) is 1. The molecule has 142 valence electrons. The summed E-state index contributed by atoms with van der Waals surface area (Å²) in [4.78, 5) is 17.1. The molecule has 0 amide bonds. The van der Waals surface area contributed by atoms with Gasteiger partial charge in [0.2, 0.25) is 0 Å². The SMILES string of the molecule is Cc1ccc(-c2c(C)[nH]n3c(=O)cc(-c4ccc(C(F)(F)F)cc4)nc23)cc1. The lowest BCUT2D eigenvalue weighted by molar-refractivity contribution is -0.137. The van der Waals surface area contributed by atoms with Crippen molar-refractivity contribution >= 4 is 5.65 Å². The molecule has 2 aromatic heterocycles. The average Bonchev–Trinajstić information content (AvgIpc) is 2.98. The van der Waals surface area contributed by atoms with Crippen LogP contribution in [0.25, 0.3) is 28.0 Å². The molecular weight excluding hydrogens is 367 g/mol. The van der Waals surface area contributed by atoms with Gasteiger partial charge >= 0.3 is 6.18 Å². The molecule has 0 saturated carbocycles. The van der Waals surface area contributed by atoms with Crippen LogP contribution in [0.3, 0.4) is 0 Å². The van der Waals surface area contributed by atoms with E-state index in [-0.39, 0.29) is 5.56 Å². The summed E-state index contributed by atoms with van der Waals surface area (Å²) in [6.45, 7) is 3.83. The molecule has 1 N–H and O–H groups in total. The maximum absolute atomic E-state index is 12.8. The van der Waals surface area contributed by atoms with Crippen molar-refractivity contribution < 1.29 is 13.2 Å². The Labute approximate surface area is 158 Å². The van der Waals surface area contributed by atoms with E-state index in [1.807, 2.05) is 38.1 Å². The number of aromatic amines is 1. The van der Waals surface area contributed by atoms with Gasteiger partial charge in [0.05, 0.1) is 11.3 Å². The van der Waals surface area contributed by atoms with Crippen LogP contribution in [-0.2, 0) is 6.18 Å². The summed E-state index contributed by atoms with van der Waals surface area (Å²) in [5.41, 5.74) is 3.70. The summed E-state index contributed by atoms with van der Waals surface area (Å²) in [6, 6.07) is 13.8. The number of nitrogens with zero attached hydrogens (tertiary/aromatic N) is 2. The topological polar surface area (TPSA) is 50.2 Å². The van der Waals surface area contributed by atoms with Gasteiger partial charge < -0.3 is 0 Å². The van der Waals surface area contributed by atoms with Gasteiger partial charge in [-0.2, -0.15) is 13.2 Å². The fourth-order valence-corrected chi connectivity index (χ4v) is 3.19. The highest BCUT2D eigenvalue weighted by Gasteiger charge is 2.30. The number of hydrogen-bond acceptors (Lipinski definition) is 2. The number of aromatic nitrogens is 3. The predicted molar refractivity (Wildman–Crippen MR) is 101 cm³/mol. The Hall–Kier alpha value is -3.35. The number of rotatable bonds is 2. The lowest BCUT2D eigenvalue weighted by atomic mass is 10.0. The highest BCUT2D eigenvalue weighted by atomic mass is 19.4. The molecule has 28 heavy (non-hydrogen) atoms. The van der Waals surface area contributed by atoms with Crippen LogP contribution in [-0.4, -0.2) is 14.6 Å². The highest BCUT2D eigenvalue weighted by molar-refractivity contribution is 5.81. The first-order valence-corrected chi connectivity index (χ1v) is 8.61.